The smallest absolute Gasteiger partial charge is 0.133 e. The van der Waals surface area contributed by atoms with Crippen molar-refractivity contribution in [2.45, 2.75) is 33.3 Å². The molecule has 4 heteroatoms. The molecule has 0 aliphatic heterocycles. The fourth-order valence-corrected chi connectivity index (χ4v) is 1.41. The van der Waals surface area contributed by atoms with Crippen LogP contribution in [0.5, 0.6) is 0 Å². The summed E-state index contributed by atoms with van der Waals surface area (Å²) in [7, 11) is -2.43. The third-order valence-electron chi connectivity index (χ3n) is 1.37. The maximum absolute atomic E-state index is 10.2. The van der Waals surface area contributed by atoms with E-state index < -0.39 is 8.25 Å². The molecule has 0 amide bonds. The van der Waals surface area contributed by atoms with Gasteiger partial charge < -0.3 is 0 Å². The average molecular weight is 165 g/mol. The van der Waals surface area contributed by atoms with Gasteiger partial charge in [-0.25, -0.2) is 0 Å². The molecule has 60 valence electrons. The SMILES string of the molecule is CCC(O[P+](=O)O)C(C)C. The molecule has 0 saturated carbocycles. The zero-order valence-electron chi connectivity index (χ0n) is 6.57. The molecular weight excluding hydrogens is 151 g/mol. The Bertz CT molecular complexity index is 114. The van der Waals surface area contributed by atoms with Gasteiger partial charge in [0.25, 0.3) is 0 Å². The Morgan fingerprint density at radius 3 is 2.20 bits per heavy atom. The molecule has 0 aliphatic rings. The molecule has 0 saturated heterocycles. The number of hydrogen-bond donors (Lipinski definition) is 1. The van der Waals surface area contributed by atoms with Gasteiger partial charge in [0.1, 0.15) is 6.10 Å². The van der Waals surface area contributed by atoms with Crippen molar-refractivity contribution >= 4 is 8.25 Å². The zero-order valence-corrected chi connectivity index (χ0v) is 7.47. The molecule has 2 unspecified atom stereocenters. The predicted octanol–water partition coefficient (Wildman–Crippen LogP) is 2.09. The Morgan fingerprint density at radius 2 is 2.10 bits per heavy atom. The topological polar surface area (TPSA) is 46.5 Å². The molecule has 10 heavy (non-hydrogen) atoms. The maximum atomic E-state index is 10.2. The molecule has 0 spiro atoms. The summed E-state index contributed by atoms with van der Waals surface area (Å²) >= 11 is 0. The highest BCUT2D eigenvalue weighted by Crippen LogP contribution is 2.23. The quantitative estimate of drug-likeness (QED) is 0.649. The molecule has 0 heterocycles. The molecule has 0 rings (SSSR count). The van der Waals surface area contributed by atoms with Crippen LogP contribution in [0.2, 0.25) is 0 Å². The van der Waals surface area contributed by atoms with Gasteiger partial charge in [-0.05, 0) is 12.3 Å². The Kier molecular flexibility index (Phi) is 4.79. The molecule has 0 bridgehead atoms. The summed E-state index contributed by atoms with van der Waals surface area (Å²) in [6.07, 6.45) is 0.688. The van der Waals surface area contributed by atoms with Gasteiger partial charge in [-0.1, -0.05) is 20.8 Å². The van der Waals surface area contributed by atoms with Crippen LogP contribution in [0.3, 0.4) is 0 Å². The molecule has 0 aromatic rings. The van der Waals surface area contributed by atoms with E-state index in [2.05, 4.69) is 0 Å². The largest absolute Gasteiger partial charge is 0.695 e. The van der Waals surface area contributed by atoms with E-state index in [-0.39, 0.29) is 6.10 Å². The van der Waals surface area contributed by atoms with Crippen LogP contribution in [-0.2, 0) is 9.09 Å². The fourth-order valence-electron chi connectivity index (χ4n) is 0.783. The lowest BCUT2D eigenvalue weighted by Gasteiger charge is -2.09. The van der Waals surface area contributed by atoms with Gasteiger partial charge in [0.2, 0.25) is 0 Å². The van der Waals surface area contributed by atoms with Crippen molar-refractivity contribution in [1.82, 2.24) is 0 Å². The van der Waals surface area contributed by atoms with Crippen LogP contribution in [0.15, 0.2) is 0 Å². The first-order chi connectivity index (χ1) is 4.57. The van der Waals surface area contributed by atoms with Crippen molar-refractivity contribution in [2.24, 2.45) is 5.92 Å². The Morgan fingerprint density at radius 1 is 1.60 bits per heavy atom. The summed E-state index contributed by atoms with van der Waals surface area (Å²) in [4.78, 5) is 8.39. The van der Waals surface area contributed by atoms with Crippen molar-refractivity contribution in [3.8, 4) is 0 Å². The zero-order chi connectivity index (χ0) is 8.15. The minimum atomic E-state index is -2.43. The number of hydrogen-bond acceptors (Lipinski definition) is 2. The summed E-state index contributed by atoms with van der Waals surface area (Å²) in [5.74, 6) is 0.302. The van der Waals surface area contributed by atoms with E-state index in [0.717, 1.165) is 6.42 Å². The van der Waals surface area contributed by atoms with Gasteiger partial charge in [0.15, 0.2) is 0 Å². The lowest BCUT2D eigenvalue weighted by atomic mass is 10.1. The third-order valence-corrected chi connectivity index (χ3v) is 1.82. The van der Waals surface area contributed by atoms with Crippen LogP contribution >= 0.6 is 8.25 Å². The van der Waals surface area contributed by atoms with E-state index >= 15 is 0 Å². The molecular formula is C6H14O3P+. The van der Waals surface area contributed by atoms with E-state index in [1.54, 1.807) is 0 Å². The van der Waals surface area contributed by atoms with Crippen LogP contribution in [0.4, 0.5) is 0 Å². The molecule has 0 radical (unpaired) electrons. The second-order valence-corrected chi connectivity index (χ2v) is 3.22. The molecule has 2 atom stereocenters. The minimum absolute atomic E-state index is 0.0892. The molecule has 0 aliphatic carbocycles. The molecule has 3 nitrogen and oxygen atoms in total. The first-order valence-electron chi connectivity index (χ1n) is 3.40. The minimum Gasteiger partial charge on any atom is -0.133 e. The van der Waals surface area contributed by atoms with Crippen molar-refractivity contribution in [3.63, 3.8) is 0 Å². The lowest BCUT2D eigenvalue weighted by Crippen LogP contribution is -2.14. The Hall–Kier alpha value is 0.0200. The third kappa shape index (κ3) is 3.94. The van der Waals surface area contributed by atoms with Crippen molar-refractivity contribution in [3.05, 3.63) is 0 Å². The number of rotatable bonds is 4. The average Bonchev–Trinajstić information content (AvgIpc) is 1.81. The van der Waals surface area contributed by atoms with Crippen LogP contribution in [0.1, 0.15) is 27.2 Å². The van der Waals surface area contributed by atoms with Crippen LogP contribution < -0.4 is 0 Å². The monoisotopic (exact) mass is 165 g/mol. The second kappa shape index (κ2) is 4.78. The standard InChI is InChI=1S/C6H13O3P/c1-4-6(5(2)3)9-10(7)8/h5-6H,4H2,1-3H3/p+1. The van der Waals surface area contributed by atoms with Gasteiger partial charge in [0.05, 0.1) is 0 Å². The summed E-state index contributed by atoms with van der Waals surface area (Å²) in [6, 6.07) is 0. The predicted molar refractivity (Wildman–Crippen MR) is 39.8 cm³/mol. The van der Waals surface area contributed by atoms with E-state index in [1.165, 1.54) is 0 Å². The van der Waals surface area contributed by atoms with Crippen LogP contribution in [0.25, 0.3) is 0 Å². The van der Waals surface area contributed by atoms with Gasteiger partial charge in [-0.15, -0.1) is 9.42 Å². The van der Waals surface area contributed by atoms with Crippen molar-refractivity contribution in [2.75, 3.05) is 0 Å². The van der Waals surface area contributed by atoms with Crippen molar-refractivity contribution in [1.29, 1.82) is 0 Å². The summed E-state index contributed by atoms with van der Waals surface area (Å²) in [5.41, 5.74) is 0. The van der Waals surface area contributed by atoms with E-state index in [9.17, 15) is 4.57 Å². The van der Waals surface area contributed by atoms with E-state index in [0.29, 0.717) is 5.92 Å². The van der Waals surface area contributed by atoms with E-state index in [1.807, 2.05) is 20.8 Å². The first-order valence-corrected chi connectivity index (χ1v) is 4.53. The molecule has 0 aromatic carbocycles. The molecule has 1 N–H and O–H groups in total. The Labute approximate surface area is 62.3 Å². The summed E-state index contributed by atoms with van der Waals surface area (Å²) in [5, 5.41) is 0. The highest BCUT2D eigenvalue weighted by Gasteiger charge is 2.23. The van der Waals surface area contributed by atoms with Crippen LogP contribution in [0, 0.1) is 5.92 Å². The first kappa shape index (κ1) is 10.0. The highest BCUT2D eigenvalue weighted by atomic mass is 31.1. The summed E-state index contributed by atoms with van der Waals surface area (Å²) < 4.78 is 14.9. The van der Waals surface area contributed by atoms with Gasteiger partial charge >= 0.3 is 8.25 Å². The molecule has 0 fully saturated rings. The van der Waals surface area contributed by atoms with Gasteiger partial charge in [0, 0.05) is 4.57 Å². The second-order valence-electron chi connectivity index (χ2n) is 2.53. The van der Waals surface area contributed by atoms with Gasteiger partial charge in [-0.3, -0.25) is 0 Å². The van der Waals surface area contributed by atoms with Crippen molar-refractivity contribution < 1.29 is 14.0 Å². The summed E-state index contributed by atoms with van der Waals surface area (Å²) in [6.45, 7) is 5.86. The highest BCUT2D eigenvalue weighted by molar-refractivity contribution is 7.32. The normalized spacial score (nSPS) is 15.5. The van der Waals surface area contributed by atoms with Gasteiger partial charge in [-0.2, -0.15) is 0 Å². The molecule has 0 aromatic heterocycles. The maximum Gasteiger partial charge on any atom is 0.695 e. The van der Waals surface area contributed by atoms with E-state index in [4.69, 9.17) is 9.42 Å². The van der Waals surface area contributed by atoms with Crippen LogP contribution in [-0.4, -0.2) is 11.0 Å². The lowest BCUT2D eigenvalue weighted by molar-refractivity contribution is 0.139. The Balaban J connectivity index is 3.71. The fraction of sp³-hybridized carbons (Fsp3) is 1.00.